The molecular formula is C54H31NO2S2. The van der Waals surface area contributed by atoms with Crippen LogP contribution in [0.25, 0.3) is 106 Å². The number of para-hydroxylation sites is 3. The molecule has 5 heteroatoms. The molecule has 0 spiro atoms. The third kappa shape index (κ3) is 4.93. The minimum atomic E-state index is 0.905. The van der Waals surface area contributed by atoms with Crippen LogP contribution in [0.15, 0.2) is 197 Å². The first-order valence-corrected chi connectivity index (χ1v) is 21.5. The van der Waals surface area contributed by atoms with Crippen LogP contribution in [0.5, 0.6) is 0 Å². The van der Waals surface area contributed by atoms with E-state index in [1.165, 1.54) is 40.3 Å². The van der Waals surface area contributed by atoms with Crippen LogP contribution in [-0.4, -0.2) is 0 Å². The lowest BCUT2D eigenvalue weighted by Gasteiger charge is -2.26. The molecule has 0 saturated heterocycles. The van der Waals surface area contributed by atoms with Crippen LogP contribution in [0.3, 0.4) is 0 Å². The van der Waals surface area contributed by atoms with Gasteiger partial charge < -0.3 is 13.7 Å². The van der Waals surface area contributed by atoms with Gasteiger partial charge in [-0.25, -0.2) is 0 Å². The Morgan fingerprint density at radius 1 is 0.339 bits per heavy atom. The summed E-state index contributed by atoms with van der Waals surface area (Å²) in [6.45, 7) is 0. The third-order valence-corrected chi connectivity index (χ3v) is 14.3. The molecule has 0 bridgehead atoms. The molecule has 276 valence electrons. The number of hydrogen-bond acceptors (Lipinski definition) is 5. The lowest BCUT2D eigenvalue weighted by atomic mass is 10.0. The van der Waals surface area contributed by atoms with Gasteiger partial charge in [0, 0.05) is 79.7 Å². The van der Waals surface area contributed by atoms with Gasteiger partial charge in [-0.05, 0) is 71.8 Å². The molecule has 0 saturated carbocycles. The van der Waals surface area contributed by atoms with Gasteiger partial charge in [0.1, 0.15) is 22.3 Å². The fourth-order valence-corrected chi connectivity index (χ4v) is 11.5. The molecular weight excluding hydrogens is 759 g/mol. The predicted molar refractivity (Wildman–Crippen MR) is 252 cm³/mol. The zero-order chi connectivity index (χ0) is 38.6. The van der Waals surface area contributed by atoms with Crippen molar-refractivity contribution in [3.8, 4) is 22.3 Å². The lowest BCUT2D eigenvalue weighted by molar-refractivity contribution is 0.670. The smallest absolute Gasteiger partial charge is 0.144 e. The van der Waals surface area contributed by atoms with Gasteiger partial charge in [-0.1, -0.05) is 127 Å². The van der Waals surface area contributed by atoms with Crippen molar-refractivity contribution in [2.24, 2.45) is 0 Å². The topological polar surface area (TPSA) is 29.5 Å². The maximum Gasteiger partial charge on any atom is 0.144 e. The van der Waals surface area contributed by atoms with Crippen LogP contribution in [-0.2, 0) is 0 Å². The summed E-state index contributed by atoms with van der Waals surface area (Å²) >= 11 is 3.67. The summed E-state index contributed by atoms with van der Waals surface area (Å²) in [6, 6.07) is 67.6. The Balaban J connectivity index is 0.955. The van der Waals surface area contributed by atoms with E-state index < -0.39 is 0 Å². The number of benzene rings is 9. The van der Waals surface area contributed by atoms with Crippen molar-refractivity contribution in [2.75, 3.05) is 4.90 Å². The van der Waals surface area contributed by atoms with Crippen LogP contribution in [0, 0.1) is 0 Å². The SMILES string of the molecule is c1ccc2c(c1)oc1c(-c3ccc(N(c4ccc(-c5cccc6c5oc5c6ccc6sc7ccccc7c65)cc4)c4cccc5c4sc4ccccc45)cc3)cccc12. The van der Waals surface area contributed by atoms with Gasteiger partial charge in [0.2, 0.25) is 0 Å². The normalized spacial score (nSPS) is 12.1. The Bertz CT molecular complexity index is 3790. The van der Waals surface area contributed by atoms with Gasteiger partial charge in [-0.2, -0.15) is 0 Å². The number of hydrogen-bond donors (Lipinski definition) is 0. The van der Waals surface area contributed by atoms with E-state index in [0.29, 0.717) is 0 Å². The first kappa shape index (κ1) is 32.9. The highest BCUT2D eigenvalue weighted by Gasteiger charge is 2.21. The Hall–Kier alpha value is -7.18. The number of fused-ring (bicyclic) bond motifs is 13. The van der Waals surface area contributed by atoms with Crippen molar-refractivity contribution in [1.82, 2.24) is 0 Å². The van der Waals surface area contributed by atoms with E-state index in [9.17, 15) is 0 Å². The first-order chi connectivity index (χ1) is 29.2. The third-order valence-electron chi connectivity index (χ3n) is 11.9. The first-order valence-electron chi connectivity index (χ1n) is 19.8. The largest absolute Gasteiger partial charge is 0.455 e. The van der Waals surface area contributed by atoms with Crippen molar-refractivity contribution >= 4 is 124 Å². The second kappa shape index (κ2) is 12.7. The molecule has 0 fully saturated rings. The molecule has 13 rings (SSSR count). The summed E-state index contributed by atoms with van der Waals surface area (Å²) in [5.41, 5.74) is 11.4. The molecule has 59 heavy (non-hydrogen) atoms. The summed E-state index contributed by atoms with van der Waals surface area (Å²) < 4.78 is 18.4. The van der Waals surface area contributed by atoms with Crippen molar-refractivity contribution < 1.29 is 8.83 Å². The second-order valence-corrected chi connectivity index (χ2v) is 17.3. The number of anilines is 3. The minimum absolute atomic E-state index is 0.905. The summed E-state index contributed by atoms with van der Waals surface area (Å²) in [7, 11) is 0. The number of furan rings is 2. The fraction of sp³-hybridized carbons (Fsp3) is 0. The molecule has 4 heterocycles. The van der Waals surface area contributed by atoms with Crippen LogP contribution in [0.1, 0.15) is 0 Å². The van der Waals surface area contributed by atoms with E-state index in [-0.39, 0.29) is 0 Å². The maximum atomic E-state index is 6.89. The van der Waals surface area contributed by atoms with Crippen molar-refractivity contribution in [3.05, 3.63) is 188 Å². The minimum Gasteiger partial charge on any atom is -0.455 e. The molecule has 0 atom stereocenters. The van der Waals surface area contributed by atoms with E-state index in [1.807, 2.05) is 34.8 Å². The Morgan fingerprint density at radius 3 is 1.61 bits per heavy atom. The van der Waals surface area contributed by atoms with Gasteiger partial charge >= 0.3 is 0 Å². The highest BCUT2D eigenvalue weighted by Crippen LogP contribution is 2.47. The standard InChI is InChI=1S/C54H31NO2S2/c1-4-19-46-38(10-1)40-15-7-13-36(51(40)56-46)32-22-26-34(27-23-32)55(45-18-9-17-43-39-11-2-5-20-47(39)59-54(43)45)35-28-24-33(25-29-35)37-14-8-16-41-42-30-31-49-50(53(42)57-52(37)41)44-12-3-6-21-48(44)58-49/h1-31H. The summed E-state index contributed by atoms with van der Waals surface area (Å²) in [4.78, 5) is 2.40. The summed E-state index contributed by atoms with van der Waals surface area (Å²) in [5.74, 6) is 0. The van der Waals surface area contributed by atoms with Crippen LogP contribution in [0.2, 0.25) is 0 Å². The van der Waals surface area contributed by atoms with Gasteiger partial charge in [0.15, 0.2) is 0 Å². The highest BCUT2D eigenvalue weighted by molar-refractivity contribution is 7.26. The fourth-order valence-electron chi connectivity index (χ4n) is 9.18. The molecule has 0 aliphatic heterocycles. The molecule has 3 nitrogen and oxygen atoms in total. The monoisotopic (exact) mass is 789 g/mol. The van der Waals surface area contributed by atoms with Gasteiger partial charge in [0.05, 0.1) is 10.4 Å². The van der Waals surface area contributed by atoms with E-state index in [4.69, 9.17) is 8.83 Å². The number of thiophene rings is 2. The maximum absolute atomic E-state index is 6.89. The molecule has 0 unspecified atom stereocenters. The molecule has 13 aromatic rings. The van der Waals surface area contributed by atoms with E-state index >= 15 is 0 Å². The quantitative estimate of drug-likeness (QED) is 0.174. The van der Waals surface area contributed by atoms with Crippen molar-refractivity contribution in [3.63, 3.8) is 0 Å². The number of rotatable bonds is 5. The summed E-state index contributed by atoms with van der Waals surface area (Å²) in [6.07, 6.45) is 0. The van der Waals surface area contributed by atoms with Gasteiger partial charge in [-0.3, -0.25) is 0 Å². The lowest BCUT2D eigenvalue weighted by Crippen LogP contribution is -2.10. The Kier molecular flexibility index (Phi) is 7.05. The molecule has 9 aromatic carbocycles. The van der Waals surface area contributed by atoms with Gasteiger partial charge in [-0.15, -0.1) is 22.7 Å². The zero-order valence-corrected chi connectivity index (χ0v) is 33.1. The Morgan fingerprint density at radius 2 is 0.881 bits per heavy atom. The number of nitrogens with zero attached hydrogens (tertiary/aromatic N) is 1. The van der Waals surface area contributed by atoms with E-state index in [1.54, 1.807) is 0 Å². The van der Waals surface area contributed by atoms with Crippen molar-refractivity contribution in [1.29, 1.82) is 0 Å². The molecule has 0 amide bonds. The van der Waals surface area contributed by atoms with E-state index in [0.717, 1.165) is 83.2 Å². The molecule has 4 aromatic heterocycles. The van der Waals surface area contributed by atoms with Gasteiger partial charge in [0.25, 0.3) is 0 Å². The Labute approximate surface area is 346 Å². The summed E-state index contributed by atoms with van der Waals surface area (Å²) in [5, 5.41) is 9.55. The average molecular weight is 790 g/mol. The van der Waals surface area contributed by atoms with Crippen LogP contribution >= 0.6 is 22.7 Å². The highest BCUT2D eigenvalue weighted by atomic mass is 32.1. The van der Waals surface area contributed by atoms with Crippen LogP contribution in [0.4, 0.5) is 17.1 Å². The molecule has 0 aliphatic rings. The zero-order valence-electron chi connectivity index (χ0n) is 31.5. The molecule has 0 aliphatic carbocycles. The average Bonchev–Trinajstić information content (AvgIpc) is 4.07. The van der Waals surface area contributed by atoms with Crippen LogP contribution < -0.4 is 4.90 Å². The predicted octanol–water partition coefficient (Wildman–Crippen LogP) is 17.0. The van der Waals surface area contributed by atoms with Crippen molar-refractivity contribution in [2.45, 2.75) is 0 Å². The second-order valence-electron chi connectivity index (χ2n) is 15.2. The van der Waals surface area contributed by atoms with E-state index in [2.05, 4.69) is 181 Å². The molecule has 0 radical (unpaired) electrons. The molecule has 0 N–H and O–H groups in total.